The molecule has 2 rings (SSSR count). The second-order valence-corrected chi connectivity index (χ2v) is 3.78. The summed E-state index contributed by atoms with van der Waals surface area (Å²) in [4.78, 5) is 11.2. The Balaban J connectivity index is 2.12. The zero-order valence-electron chi connectivity index (χ0n) is 8.25. The van der Waals surface area contributed by atoms with Gasteiger partial charge in [0.15, 0.2) is 0 Å². The number of carbonyl (C=O) groups is 1. The number of amides is 1. The SMILES string of the molecule is O=C1Cc2c(cccc2OCCCCl)N1. The standard InChI is InChI=1S/C11H12ClNO2/c12-5-2-6-15-10-4-1-3-9-8(10)7-11(14)13-9/h1,3-4H,2,5-7H2,(H,13,14). The first-order valence-corrected chi connectivity index (χ1v) is 5.45. The van der Waals surface area contributed by atoms with Crippen LogP contribution in [0.4, 0.5) is 5.69 Å². The van der Waals surface area contributed by atoms with Crippen molar-refractivity contribution in [1.82, 2.24) is 0 Å². The normalized spacial score (nSPS) is 13.5. The highest BCUT2D eigenvalue weighted by atomic mass is 35.5. The van der Waals surface area contributed by atoms with E-state index in [0.29, 0.717) is 18.9 Å². The molecule has 0 spiro atoms. The first-order valence-electron chi connectivity index (χ1n) is 4.92. The van der Waals surface area contributed by atoms with Gasteiger partial charge in [0.05, 0.1) is 13.0 Å². The fourth-order valence-electron chi connectivity index (χ4n) is 1.59. The maximum Gasteiger partial charge on any atom is 0.229 e. The van der Waals surface area contributed by atoms with Gasteiger partial charge in [0.1, 0.15) is 5.75 Å². The van der Waals surface area contributed by atoms with E-state index in [1.54, 1.807) is 0 Å². The monoisotopic (exact) mass is 225 g/mol. The quantitative estimate of drug-likeness (QED) is 0.630. The second-order valence-electron chi connectivity index (χ2n) is 3.40. The number of alkyl halides is 1. The predicted molar refractivity (Wildman–Crippen MR) is 59.6 cm³/mol. The summed E-state index contributed by atoms with van der Waals surface area (Å²) < 4.78 is 5.56. The fourth-order valence-corrected chi connectivity index (χ4v) is 1.70. The number of hydrogen-bond acceptors (Lipinski definition) is 2. The van der Waals surface area contributed by atoms with Crippen LogP contribution in [-0.2, 0) is 11.2 Å². The van der Waals surface area contributed by atoms with Gasteiger partial charge in [-0.25, -0.2) is 0 Å². The number of fused-ring (bicyclic) bond motifs is 1. The molecule has 1 N–H and O–H groups in total. The molecule has 0 radical (unpaired) electrons. The van der Waals surface area contributed by atoms with Gasteiger partial charge in [-0.2, -0.15) is 0 Å². The van der Waals surface area contributed by atoms with Crippen molar-refractivity contribution in [3.05, 3.63) is 23.8 Å². The summed E-state index contributed by atoms with van der Waals surface area (Å²) >= 11 is 5.56. The van der Waals surface area contributed by atoms with Gasteiger partial charge in [-0.3, -0.25) is 4.79 Å². The molecule has 3 nitrogen and oxygen atoms in total. The molecule has 0 saturated carbocycles. The molecule has 0 atom stereocenters. The van der Waals surface area contributed by atoms with Crippen LogP contribution in [0.1, 0.15) is 12.0 Å². The lowest BCUT2D eigenvalue weighted by molar-refractivity contribution is -0.115. The molecule has 0 unspecified atom stereocenters. The maximum atomic E-state index is 11.2. The summed E-state index contributed by atoms with van der Waals surface area (Å²) in [6, 6.07) is 5.64. The lowest BCUT2D eigenvalue weighted by Crippen LogP contribution is -2.03. The summed E-state index contributed by atoms with van der Waals surface area (Å²) in [6.45, 7) is 0.591. The van der Waals surface area contributed by atoms with Crippen molar-refractivity contribution in [2.24, 2.45) is 0 Å². The molecule has 0 fully saturated rings. The van der Waals surface area contributed by atoms with Crippen LogP contribution in [0.5, 0.6) is 5.75 Å². The van der Waals surface area contributed by atoms with Crippen molar-refractivity contribution in [2.75, 3.05) is 17.8 Å². The van der Waals surface area contributed by atoms with E-state index in [9.17, 15) is 4.79 Å². The van der Waals surface area contributed by atoms with Crippen LogP contribution in [0, 0.1) is 0 Å². The minimum atomic E-state index is 0.0263. The van der Waals surface area contributed by atoms with E-state index in [1.165, 1.54) is 0 Å². The Morgan fingerprint density at radius 2 is 2.33 bits per heavy atom. The molecule has 0 bridgehead atoms. The first-order chi connectivity index (χ1) is 7.31. The molecule has 1 aromatic carbocycles. The van der Waals surface area contributed by atoms with Gasteiger partial charge in [-0.05, 0) is 18.6 Å². The fraction of sp³-hybridized carbons (Fsp3) is 0.364. The van der Waals surface area contributed by atoms with Gasteiger partial charge in [-0.1, -0.05) is 6.07 Å². The average Bonchev–Trinajstić information content (AvgIpc) is 2.59. The molecule has 1 aromatic rings. The summed E-state index contributed by atoms with van der Waals surface area (Å²) in [7, 11) is 0. The first kappa shape index (κ1) is 10.3. The Hall–Kier alpha value is -1.22. The van der Waals surface area contributed by atoms with Gasteiger partial charge in [0, 0.05) is 17.1 Å². The van der Waals surface area contributed by atoms with Crippen LogP contribution in [0.25, 0.3) is 0 Å². The van der Waals surface area contributed by atoms with E-state index in [2.05, 4.69) is 5.32 Å². The smallest absolute Gasteiger partial charge is 0.229 e. The average molecular weight is 226 g/mol. The Bertz CT molecular complexity index is 379. The van der Waals surface area contributed by atoms with E-state index in [1.807, 2.05) is 18.2 Å². The topological polar surface area (TPSA) is 38.3 Å². The van der Waals surface area contributed by atoms with Crippen molar-refractivity contribution < 1.29 is 9.53 Å². The third kappa shape index (κ3) is 2.23. The van der Waals surface area contributed by atoms with Gasteiger partial charge in [-0.15, -0.1) is 11.6 Å². The predicted octanol–water partition coefficient (Wildman–Crippen LogP) is 2.19. The van der Waals surface area contributed by atoms with E-state index in [4.69, 9.17) is 16.3 Å². The van der Waals surface area contributed by atoms with Gasteiger partial charge >= 0.3 is 0 Å². The van der Waals surface area contributed by atoms with E-state index < -0.39 is 0 Å². The number of benzene rings is 1. The van der Waals surface area contributed by atoms with E-state index in [-0.39, 0.29) is 5.91 Å². The minimum absolute atomic E-state index is 0.0263. The summed E-state index contributed by atoms with van der Waals surface area (Å²) in [5, 5.41) is 2.78. The largest absolute Gasteiger partial charge is 0.493 e. The third-order valence-electron chi connectivity index (χ3n) is 2.28. The molecule has 4 heteroatoms. The van der Waals surface area contributed by atoms with Gasteiger partial charge in [0.2, 0.25) is 5.91 Å². The van der Waals surface area contributed by atoms with E-state index >= 15 is 0 Å². The van der Waals surface area contributed by atoms with Crippen molar-refractivity contribution in [1.29, 1.82) is 0 Å². The molecule has 15 heavy (non-hydrogen) atoms. The molecular formula is C11H12ClNO2. The molecule has 1 aliphatic heterocycles. The van der Waals surface area contributed by atoms with E-state index in [0.717, 1.165) is 23.4 Å². The Labute approximate surface area is 93.4 Å². The number of ether oxygens (including phenoxy) is 1. The zero-order chi connectivity index (χ0) is 10.7. The molecule has 1 aliphatic rings. The summed E-state index contributed by atoms with van der Waals surface area (Å²) in [5.41, 5.74) is 1.82. The van der Waals surface area contributed by atoms with Crippen molar-refractivity contribution >= 4 is 23.2 Å². The van der Waals surface area contributed by atoms with Crippen LogP contribution < -0.4 is 10.1 Å². The zero-order valence-corrected chi connectivity index (χ0v) is 9.01. The molecule has 0 saturated heterocycles. The highest BCUT2D eigenvalue weighted by Gasteiger charge is 2.20. The Morgan fingerprint density at radius 3 is 3.13 bits per heavy atom. The second kappa shape index (κ2) is 4.53. The number of nitrogens with one attached hydrogen (secondary N) is 1. The molecular weight excluding hydrogens is 214 g/mol. The minimum Gasteiger partial charge on any atom is -0.493 e. The number of carbonyl (C=O) groups excluding carboxylic acids is 1. The Morgan fingerprint density at radius 1 is 1.47 bits per heavy atom. The third-order valence-corrected chi connectivity index (χ3v) is 2.55. The Kier molecular flexibility index (Phi) is 3.11. The molecule has 1 heterocycles. The van der Waals surface area contributed by atoms with Crippen molar-refractivity contribution in [3.8, 4) is 5.75 Å². The van der Waals surface area contributed by atoms with Crippen LogP contribution in [0.3, 0.4) is 0 Å². The van der Waals surface area contributed by atoms with Gasteiger partial charge < -0.3 is 10.1 Å². The molecule has 1 amide bonds. The van der Waals surface area contributed by atoms with Crippen molar-refractivity contribution in [3.63, 3.8) is 0 Å². The van der Waals surface area contributed by atoms with Crippen molar-refractivity contribution in [2.45, 2.75) is 12.8 Å². The molecule has 80 valence electrons. The summed E-state index contributed by atoms with van der Waals surface area (Å²) in [6.07, 6.45) is 1.22. The number of anilines is 1. The lowest BCUT2D eigenvalue weighted by Gasteiger charge is -2.08. The van der Waals surface area contributed by atoms with Crippen LogP contribution in [-0.4, -0.2) is 18.4 Å². The van der Waals surface area contributed by atoms with Crippen LogP contribution >= 0.6 is 11.6 Å². The van der Waals surface area contributed by atoms with Crippen LogP contribution in [0.15, 0.2) is 18.2 Å². The number of rotatable bonds is 4. The van der Waals surface area contributed by atoms with Gasteiger partial charge in [0.25, 0.3) is 0 Å². The maximum absolute atomic E-state index is 11.2. The number of hydrogen-bond donors (Lipinski definition) is 1. The molecule has 0 aromatic heterocycles. The highest BCUT2D eigenvalue weighted by molar-refractivity contribution is 6.17. The van der Waals surface area contributed by atoms with Crippen LogP contribution in [0.2, 0.25) is 0 Å². The summed E-state index contributed by atoms with van der Waals surface area (Å²) in [5.74, 6) is 1.40. The highest BCUT2D eigenvalue weighted by Crippen LogP contribution is 2.31. The lowest BCUT2D eigenvalue weighted by atomic mass is 10.1. The number of halogens is 1. The molecule has 0 aliphatic carbocycles.